The Labute approximate surface area is 184 Å². The zero-order valence-electron chi connectivity index (χ0n) is 17.1. The van der Waals surface area contributed by atoms with Crippen molar-refractivity contribution >= 4 is 17.5 Å². The number of rotatable bonds is 5. The second-order valence-corrected chi connectivity index (χ2v) is 8.16. The summed E-state index contributed by atoms with van der Waals surface area (Å²) in [6.45, 7) is 3.01. The van der Waals surface area contributed by atoms with Crippen molar-refractivity contribution in [2.45, 2.75) is 32.9 Å². The van der Waals surface area contributed by atoms with E-state index in [-0.39, 0.29) is 5.91 Å². The molecule has 31 heavy (non-hydrogen) atoms. The Morgan fingerprint density at radius 2 is 1.90 bits per heavy atom. The van der Waals surface area contributed by atoms with Gasteiger partial charge in [-0.15, -0.1) is 0 Å². The number of amides is 1. The lowest BCUT2D eigenvalue weighted by Crippen LogP contribution is -2.23. The lowest BCUT2D eigenvalue weighted by molar-refractivity contribution is 0.0920. The highest BCUT2D eigenvalue weighted by atomic mass is 35.5. The van der Waals surface area contributed by atoms with Crippen LogP contribution in [0.2, 0.25) is 5.02 Å². The summed E-state index contributed by atoms with van der Waals surface area (Å²) in [4.78, 5) is 16.8. The maximum absolute atomic E-state index is 12.8. The summed E-state index contributed by atoms with van der Waals surface area (Å²) in [7, 11) is 0. The van der Waals surface area contributed by atoms with E-state index in [0.29, 0.717) is 18.8 Å². The molecule has 1 aromatic carbocycles. The minimum Gasteiger partial charge on any atom is -0.455 e. The third-order valence-corrected chi connectivity index (χ3v) is 5.83. The fourth-order valence-electron chi connectivity index (χ4n) is 4.00. The first-order valence-electron chi connectivity index (χ1n) is 10.2. The van der Waals surface area contributed by atoms with E-state index in [0.717, 1.165) is 51.6 Å². The molecule has 0 saturated heterocycles. The van der Waals surface area contributed by atoms with Crippen LogP contribution in [-0.2, 0) is 25.9 Å². The Bertz CT molecular complexity index is 1240. The summed E-state index contributed by atoms with van der Waals surface area (Å²) < 4.78 is 7.94. The molecular formula is C24H21ClN4O2. The zero-order valence-corrected chi connectivity index (χ0v) is 17.8. The highest BCUT2D eigenvalue weighted by molar-refractivity contribution is 6.30. The number of nitrogens with zero attached hydrogens (tertiary/aromatic N) is 3. The van der Waals surface area contributed by atoms with Gasteiger partial charge in [-0.1, -0.05) is 23.7 Å². The third-order valence-electron chi connectivity index (χ3n) is 5.58. The standard InChI is InChI=1S/C24H21ClN4O2/c1-15-21-20(31-23(15)24(30)27-12-16-8-10-26-11-9-16)7-4-18-14-29(28-22(18)21)13-17-2-5-19(25)6-3-17/h2-3,5-6,8-11,14H,4,7,12-13H2,1H3,(H,27,30). The number of benzene rings is 1. The molecule has 156 valence electrons. The molecule has 0 fully saturated rings. The molecule has 1 N–H and O–H groups in total. The van der Waals surface area contributed by atoms with Crippen molar-refractivity contribution in [1.82, 2.24) is 20.1 Å². The van der Waals surface area contributed by atoms with Crippen LogP contribution in [0.1, 0.15) is 38.6 Å². The van der Waals surface area contributed by atoms with Gasteiger partial charge in [-0.25, -0.2) is 0 Å². The van der Waals surface area contributed by atoms with Gasteiger partial charge in [0.05, 0.1) is 12.2 Å². The first-order valence-corrected chi connectivity index (χ1v) is 10.6. The first-order chi connectivity index (χ1) is 15.1. The predicted octanol–water partition coefficient (Wildman–Crippen LogP) is 4.58. The fourth-order valence-corrected chi connectivity index (χ4v) is 4.13. The van der Waals surface area contributed by atoms with E-state index < -0.39 is 0 Å². The maximum Gasteiger partial charge on any atom is 0.287 e. The van der Waals surface area contributed by atoms with Gasteiger partial charge in [-0.2, -0.15) is 5.10 Å². The lowest BCUT2D eigenvalue weighted by atomic mass is 9.93. The zero-order chi connectivity index (χ0) is 21.4. The number of pyridine rings is 1. The topological polar surface area (TPSA) is 73.0 Å². The van der Waals surface area contributed by atoms with Crippen molar-refractivity contribution in [3.63, 3.8) is 0 Å². The van der Waals surface area contributed by atoms with E-state index in [1.807, 2.05) is 48.0 Å². The molecule has 1 amide bonds. The van der Waals surface area contributed by atoms with Crippen LogP contribution < -0.4 is 5.32 Å². The van der Waals surface area contributed by atoms with Crippen molar-refractivity contribution in [3.8, 4) is 11.3 Å². The lowest BCUT2D eigenvalue weighted by Gasteiger charge is -2.09. The monoisotopic (exact) mass is 432 g/mol. The molecule has 0 unspecified atom stereocenters. The van der Waals surface area contributed by atoms with Gasteiger partial charge in [0.2, 0.25) is 0 Å². The third kappa shape index (κ3) is 3.86. The second-order valence-electron chi connectivity index (χ2n) is 7.72. The van der Waals surface area contributed by atoms with Crippen LogP contribution in [0.4, 0.5) is 0 Å². The Morgan fingerprint density at radius 3 is 2.68 bits per heavy atom. The molecule has 0 aliphatic heterocycles. The van der Waals surface area contributed by atoms with E-state index in [4.69, 9.17) is 21.1 Å². The molecule has 3 aromatic heterocycles. The summed E-state index contributed by atoms with van der Waals surface area (Å²) in [5.74, 6) is 0.973. The molecule has 0 saturated carbocycles. The highest BCUT2D eigenvalue weighted by Crippen LogP contribution is 2.38. The Morgan fingerprint density at radius 1 is 1.13 bits per heavy atom. The minimum atomic E-state index is -0.217. The van der Waals surface area contributed by atoms with Crippen LogP contribution in [0.5, 0.6) is 0 Å². The smallest absolute Gasteiger partial charge is 0.287 e. The molecule has 3 heterocycles. The van der Waals surface area contributed by atoms with Gasteiger partial charge in [-0.05, 0) is 54.3 Å². The van der Waals surface area contributed by atoms with Crippen LogP contribution in [0.15, 0.2) is 59.4 Å². The number of fused-ring (bicyclic) bond motifs is 3. The van der Waals surface area contributed by atoms with E-state index in [1.54, 1.807) is 12.4 Å². The number of nitrogens with one attached hydrogen (secondary N) is 1. The van der Waals surface area contributed by atoms with E-state index in [9.17, 15) is 4.79 Å². The van der Waals surface area contributed by atoms with Gasteiger partial charge < -0.3 is 9.73 Å². The summed E-state index contributed by atoms with van der Waals surface area (Å²) in [6, 6.07) is 11.5. The number of hydrogen-bond acceptors (Lipinski definition) is 4. The minimum absolute atomic E-state index is 0.217. The molecule has 7 heteroatoms. The average Bonchev–Trinajstić information content (AvgIpc) is 3.34. The van der Waals surface area contributed by atoms with Crippen molar-refractivity contribution in [2.75, 3.05) is 0 Å². The Hall–Kier alpha value is -3.38. The first kappa shape index (κ1) is 19.6. The summed E-state index contributed by atoms with van der Waals surface area (Å²) in [5.41, 5.74) is 5.98. The number of aromatic nitrogens is 3. The van der Waals surface area contributed by atoms with Gasteiger partial charge in [0.15, 0.2) is 5.76 Å². The molecule has 4 aromatic rings. The van der Waals surface area contributed by atoms with Crippen molar-refractivity contribution in [3.05, 3.63) is 93.8 Å². The largest absolute Gasteiger partial charge is 0.455 e. The Kier molecular flexibility index (Phi) is 5.08. The van der Waals surface area contributed by atoms with Crippen LogP contribution in [-0.4, -0.2) is 20.7 Å². The van der Waals surface area contributed by atoms with Gasteiger partial charge in [0.1, 0.15) is 5.76 Å². The van der Waals surface area contributed by atoms with Crippen LogP contribution in [0.25, 0.3) is 11.3 Å². The van der Waals surface area contributed by atoms with Crippen molar-refractivity contribution in [2.24, 2.45) is 0 Å². The van der Waals surface area contributed by atoms with E-state index in [2.05, 4.69) is 16.5 Å². The molecule has 0 atom stereocenters. The molecule has 0 bridgehead atoms. The normalized spacial score (nSPS) is 12.3. The molecular weight excluding hydrogens is 412 g/mol. The number of halogens is 1. The predicted molar refractivity (Wildman–Crippen MR) is 118 cm³/mol. The molecule has 1 aliphatic carbocycles. The average molecular weight is 433 g/mol. The number of hydrogen-bond donors (Lipinski definition) is 1. The number of aryl methyl sites for hydroxylation is 2. The van der Waals surface area contributed by atoms with Crippen molar-refractivity contribution < 1.29 is 9.21 Å². The molecule has 0 spiro atoms. The fraction of sp³-hybridized carbons (Fsp3) is 0.208. The SMILES string of the molecule is Cc1c(C(=O)NCc2ccncc2)oc2c1-c1nn(Cc3ccc(Cl)cc3)cc1CC2. The van der Waals surface area contributed by atoms with Crippen molar-refractivity contribution in [1.29, 1.82) is 0 Å². The van der Waals surface area contributed by atoms with E-state index in [1.165, 1.54) is 5.56 Å². The maximum atomic E-state index is 12.8. The quantitative estimate of drug-likeness (QED) is 0.501. The number of carbonyl (C=O) groups is 1. The summed E-state index contributed by atoms with van der Waals surface area (Å²) in [6.07, 6.45) is 7.10. The van der Waals surface area contributed by atoms with Gasteiger partial charge >= 0.3 is 0 Å². The summed E-state index contributed by atoms with van der Waals surface area (Å²) in [5, 5.41) is 8.48. The van der Waals surface area contributed by atoms with Gasteiger partial charge in [-0.3, -0.25) is 14.5 Å². The van der Waals surface area contributed by atoms with Gasteiger partial charge in [0, 0.05) is 47.7 Å². The van der Waals surface area contributed by atoms with Gasteiger partial charge in [0.25, 0.3) is 5.91 Å². The van der Waals surface area contributed by atoms with Crippen LogP contribution >= 0.6 is 11.6 Å². The second kappa shape index (κ2) is 8.04. The molecule has 5 rings (SSSR count). The molecule has 0 radical (unpaired) electrons. The Balaban J connectivity index is 1.39. The highest BCUT2D eigenvalue weighted by Gasteiger charge is 2.29. The molecule has 1 aliphatic rings. The van der Waals surface area contributed by atoms with E-state index >= 15 is 0 Å². The van der Waals surface area contributed by atoms with Crippen LogP contribution in [0, 0.1) is 6.92 Å². The summed E-state index contributed by atoms with van der Waals surface area (Å²) >= 11 is 5.99. The van der Waals surface area contributed by atoms with Crippen LogP contribution in [0.3, 0.4) is 0 Å². The number of furan rings is 1. The molecule has 6 nitrogen and oxygen atoms in total. The number of carbonyl (C=O) groups excluding carboxylic acids is 1.